The molecule has 27 heteroatoms. The number of phenols is 1. The molecule has 1 aliphatic heterocycles. The Hall–Kier alpha value is -9.14. The van der Waals surface area contributed by atoms with Gasteiger partial charge >= 0.3 is 0 Å². The topological polar surface area (TPSA) is 455 Å². The number of benzene rings is 3. The van der Waals surface area contributed by atoms with Crippen LogP contribution in [0.1, 0.15) is 75.0 Å². The summed E-state index contributed by atoms with van der Waals surface area (Å²) in [6.45, 7) is 0.787. The summed E-state index contributed by atoms with van der Waals surface area (Å²) in [4.78, 5) is 154. The van der Waals surface area contributed by atoms with Crippen molar-refractivity contribution < 1.29 is 57.8 Å². The zero-order valence-electron chi connectivity index (χ0n) is 45.3. The summed E-state index contributed by atoms with van der Waals surface area (Å²) in [6, 6.07) is 13.0. The second-order valence-corrected chi connectivity index (χ2v) is 19.6. The molecule has 1 fully saturated rings. The van der Waals surface area contributed by atoms with Crippen LogP contribution in [-0.2, 0) is 72.0 Å². The number of carbonyl (C=O) groups excluding carboxylic acids is 11. The number of guanidine groups is 1. The number of amides is 11. The molecule has 0 saturated carbocycles. The van der Waals surface area contributed by atoms with Gasteiger partial charge in [0.2, 0.25) is 65.0 Å². The standard InChI is InChI=1S/C54H75N15O12/c1-31(63-48(76)36(55)27-34-17-19-35(70)20-18-34)47(75)62-30-45(73)68(2)42(29-33-13-7-4-8-14-33)52(80)66-39(22-24-44(57)72)53(81)69-26-10-16-41(69)51(79)65-38(21-23-43(56)71)50(78)64-37(15-9-25-61-54(59)60)49(77)67-40(46(58)74)28-32-11-5-3-6-12-32/h3-8,11-14,17-20,31,36-42,70H,9-10,15-16,21-30,55H2,1-2H3,(H2,56,71)(H2,57,72)(H2,58,74)(H,62,75)(H,63,76)(H,64,78)(H,65,79)(H,66,80)(H,67,77)(H4,59,60,61)/t31-,36+,37+,38+,39+,40+,41+,42+/m1/s1. The first-order valence-corrected chi connectivity index (χ1v) is 26.3. The first-order chi connectivity index (χ1) is 38.4. The molecule has 0 spiro atoms. The fourth-order valence-corrected chi connectivity index (χ4v) is 8.75. The van der Waals surface area contributed by atoms with Crippen molar-refractivity contribution in [3.8, 4) is 5.75 Å². The quantitative estimate of drug-likeness (QED) is 0.0162. The number of nitrogens with two attached hydrogens (primary N) is 6. The Morgan fingerprint density at radius 3 is 1.73 bits per heavy atom. The van der Waals surface area contributed by atoms with Gasteiger partial charge in [0.25, 0.3) is 0 Å². The minimum atomic E-state index is -1.52. The first kappa shape index (κ1) is 64.4. The fraction of sp³-hybridized carbons (Fsp3) is 0.444. The van der Waals surface area contributed by atoms with Gasteiger partial charge in [-0.15, -0.1) is 0 Å². The third-order valence-corrected chi connectivity index (χ3v) is 13.3. The molecule has 3 aromatic carbocycles. The van der Waals surface area contributed by atoms with Crippen LogP contribution in [0, 0.1) is 0 Å². The molecule has 0 aromatic heterocycles. The van der Waals surface area contributed by atoms with Crippen molar-refractivity contribution in [2.45, 2.75) is 126 Å². The third-order valence-electron chi connectivity index (χ3n) is 13.3. The lowest BCUT2D eigenvalue weighted by atomic mass is 10.0. The van der Waals surface area contributed by atoms with E-state index >= 15 is 0 Å². The highest BCUT2D eigenvalue weighted by atomic mass is 16.3. The molecule has 1 aliphatic rings. The summed E-state index contributed by atoms with van der Waals surface area (Å²) in [7, 11) is 1.31. The van der Waals surface area contributed by atoms with Gasteiger partial charge in [-0.3, -0.25) is 57.7 Å². The second-order valence-electron chi connectivity index (χ2n) is 19.6. The number of likely N-dealkylation sites (tertiary alicyclic amines) is 1. The van der Waals surface area contributed by atoms with Gasteiger partial charge in [0, 0.05) is 45.8 Å². The van der Waals surface area contributed by atoms with Gasteiger partial charge in [0.1, 0.15) is 48.0 Å². The Labute approximate surface area is 468 Å². The van der Waals surface area contributed by atoms with E-state index in [1.54, 1.807) is 72.8 Å². The molecule has 438 valence electrons. The first-order valence-electron chi connectivity index (χ1n) is 26.3. The van der Waals surface area contributed by atoms with Gasteiger partial charge in [-0.25, -0.2) is 0 Å². The summed E-state index contributed by atoms with van der Waals surface area (Å²) in [6.07, 6.45) is -1.02. The number of aromatic hydroxyl groups is 1. The molecule has 11 amide bonds. The van der Waals surface area contributed by atoms with E-state index in [0.717, 1.165) is 9.80 Å². The maximum Gasteiger partial charge on any atom is 0.245 e. The molecule has 0 radical (unpaired) electrons. The summed E-state index contributed by atoms with van der Waals surface area (Å²) < 4.78 is 0. The minimum absolute atomic E-state index is 0.0190. The van der Waals surface area contributed by atoms with Crippen molar-refractivity contribution in [1.29, 1.82) is 0 Å². The van der Waals surface area contributed by atoms with E-state index < -0.39 is 133 Å². The molecule has 81 heavy (non-hydrogen) atoms. The van der Waals surface area contributed by atoms with E-state index in [9.17, 15) is 57.8 Å². The Kier molecular flexibility index (Phi) is 25.5. The van der Waals surface area contributed by atoms with E-state index in [1.807, 2.05) is 0 Å². The van der Waals surface area contributed by atoms with Crippen molar-refractivity contribution in [2.75, 3.05) is 26.7 Å². The molecule has 27 nitrogen and oxygen atoms in total. The maximum atomic E-state index is 14.6. The molecule has 19 N–H and O–H groups in total. The van der Waals surface area contributed by atoms with Gasteiger partial charge in [0.15, 0.2) is 5.96 Å². The average Bonchev–Trinajstić information content (AvgIpc) is 3.98. The van der Waals surface area contributed by atoms with E-state index in [2.05, 4.69) is 36.9 Å². The monoisotopic (exact) mass is 1130 g/mol. The summed E-state index contributed by atoms with van der Waals surface area (Å²) in [5.74, 6) is -9.08. The summed E-state index contributed by atoms with van der Waals surface area (Å²) >= 11 is 0. The van der Waals surface area contributed by atoms with Crippen LogP contribution < -0.4 is 66.3 Å². The lowest BCUT2D eigenvalue weighted by molar-refractivity contribution is -0.144. The molecule has 8 atom stereocenters. The van der Waals surface area contributed by atoms with Crippen molar-refractivity contribution in [3.63, 3.8) is 0 Å². The smallest absolute Gasteiger partial charge is 0.245 e. The molecule has 1 saturated heterocycles. The van der Waals surface area contributed by atoms with Gasteiger partial charge in [-0.2, -0.15) is 0 Å². The number of primary amides is 3. The number of phenolic OH excluding ortho intramolecular Hbond substituents is 1. The third kappa shape index (κ3) is 21.6. The highest BCUT2D eigenvalue weighted by Crippen LogP contribution is 2.21. The van der Waals surface area contributed by atoms with Gasteiger partial charge < -0.3 is 81.2 Å². The molecule has 0 bridgehead atoms. The molecule has 4 rings (SSSR count). The number of hydrogen-bond donors (Lipinski definition) is 13. The van der Waals surface area contributed by atoms with Gasteiger partial charge in [-0.1, -0.05) is 72.8 Å². The van der Waals surface area contributed by atoms with E-state index in [4.69, 9.17) is 34.4 Å². The normalized spacial score (nSPS) is 15.3. The van der Waals surface area contributed by atoms with E-state index in [0.29, 0.717) is 16.7 Å². The number of rotatable bonds is 32. The molecular formula is C54H75N15O12. The number of carbonyl (C=O) groups is 11. The molecule has 3 aromatic rings. The van der Waals surface area contributed by atoms with Crippen LogP contribution in [0.4, 0.5) is 0 Å². The van der Waals surface area contributed by atoms with Crippen LogP contribution in [-0.4, -0.2) is 161 Å². The SMILES string of the molecule is C[C@@H](NC(=O)[C@@H](N)Cc1ccc(O)cc1)C(=O)NCC(=O)N(C)[C@@H](Cc1ccccc1)C(=O)N[C@@H](CCC(N)=O)C(=O)N1CCC[C@H]1C(=O)N[C@@H](CCC(N)=O)C(=O)N[C@@H](CCCN=C(N)N)C(=O)N[C@@H](Cc1ccccc1)C(N)=O. The van der Waals surface area contributed by atoms with Crippen LogP contribution in [0.5, 0.6) is 5.75 Å². The van der Waals surface area contributed by atoms with Crippen molar-refractivity contribution >= 4 is 70.9 Å². The largest absolute Gasteiger partial charge is 0.508 e. The minimum Gasteiger partial charge on any atom is -0.508 e. The van der Waals surface area contributed by atoms with Crippen LogP contribution in [0.15, 0.2) is 89.9 Å². The zero-order valence-corrected chi connectivity index (χ0v) is 45.3. The molecule has 0 aliphatic carbocycles. The van der Waals surface area contributed by atoms with E-state index in [1.165, 1.54) is 26.1 Å². The summed E-state index contributed by atoms with van der Waals surface area (Å²) in [5, 5.41) is 24.9. The van der Waals surface area contributed by atoms with Crippen LogP contribution >= 0.6 is 0 Å². The number of likely N-dealkylation sites (N-methyl/N-ethyl adjacent to an activating group) is 1. The van der Waals surface area contributed by atoms with Gasteiger partial charge in [0.05, 0.1) is 12.6 Å². The van der Waals surface area contributed by atoms with Crippen molar-refractivity contribution in [1.82, 2.24) is 41.7 Å². The Morgan fingerprint density at radius 2 is 1.16 bits per heavy atom. The maximum absolute atomic E-state index is 14.6. The van der Waals surface area contributed by atoms with E-state index in [-0.39, 0.29) is 82.6 Å². The Bertz CT molecular complexity index is 2710. The Balaban J connectivity index is 1.51. The molecule has 1 heterocycles. The summed E-state index contributed by atoms with van der Waals surface area (Å²) in [5.41, 5.74) is 35.6. The van der Waals surface area contributed by atoms with Crippen LogP contribution in [0.25, 0.3) is 0 Å². The van der Waals surface area contributed by atoms with Crippen molar-refractivity contribution in [3.05, 3.63) is 102 Å². The highest BCUT2D eigenvalue weighted by molar-refractivity contribution is 5.98. The fourth-order valence-electron chi connectivity index (χ4n) is 8.75. The predicted molar refractivity (Wildman–Crippen MR) is 296 cm³/mol. The Morgan fingerprint density at radius 1 is 0.630 bits per heavy atom. The number of hydrogen-bond acceptors (Lipinski definition) is 14. The predicted octanol–water partition coefficient (Wildman–Crippen LogP) is -3.80. The second kappa shape index (κ2) is 32.1. The zero-order chi connectivity index (χ0) is 59.8. The lowest BCUT2D eigenvalue weighted by Crippen LogP contribution is -2.60. The average molecular weight is 1130 g/mol. The van der Waals surface area contributed by atoms with Gasteiger partial charge in [-0.05, 0) is 80.7 Å². The number of nitrogens with zero attached hydrogens (tertiary/aromatic N) is 3. The van der Waals surface area contributed by atoms with Crippen LogP contribution in [0.2, 0.25) is 0 Å². The number of aliphatic imine (C=N–C) groups is 1. The van der Waals surface area contributed by atoms with Crippen LogP contribution in [0.3, 0.4) is 0 Å². The number of nitrogens with one attached hydrogen (secondary N) is 6. The van der Waals surface area contributed by atoms with Crippen molar-refractivity contribution in [2.24, 2.45) is 39.4 Å². The highest BCUT2D eigenvalue weighted by Gasteiger charge is 2.41. The molecular weight excluding hydrogens is 1050 g/mol. The lowest BCUT2D eigenvalue weighted by Gasteiger charge is -2.32. The molecule has 0 unspecified atom stereocenters.